The third-order valence-corrected chi connectivity index (χ3v) is 1.69. The summed E-state index contributed by atoms with van der Waals surface area (Å²) >= 11 is 0. The second-order valence-corrected chi connectivity index (χ2v) is 2.66. The van der Waals surface area contributed by atoms with Gasteiger partial charge in [-0.3, -0.25) is 4.79 Å². The molecule has 3 nitrogen and oxygen atoms in total. The highest BCUT2D eigenvalue weighted by Crippen LogP contribution is 2.26. The van der Waals surface area contributed by atoms with Crippen molar-refractivity contribution in [2.45, 2.75) is 19.0 Å². The van der Waals surface area contributed by atoms with Gasteiger partial charge in [-0.15, -0.1) is 0 Å². The average Bonchev–Trinajstić information content (AvgIpc) is 2.02. The number of allylic oxidation sites excluding steroid dienone is 1. The number of hydrogen-bond acceptors (Lipinski definition) is 2. The minimum Gasteiger partial charge on any atom is -0.869 e. The number of amides is 1. The van der Waals surface area contributed by atoms with Crippen LogP contribution in [0.25, 0.3) is 0 Å². The standard InChI is InChI=1S/C7H8F3NO2/c8-7(9,10)5(12)4-2-1-3-11-6(4)13/h12H,1-3H2,(H,11,13)/p-1/b5-4-. The molecule has 0 bridgehead atoms. The van der Waals surface area contributed by atoms with Gasteiger partial charge >= 0.3 is 6.18 Å². The molecule has 0 saturated carbocycles. The Kier molecular flexibility index (Phi) is 2.49. The van der Waals surface area contributed by atoms with Gasteiger partial charge in [-0.1, -0.05) is 0 Å². The van der Waals surface area contributed by atoms with Crippen LogP contribution in [-0.2, 0) is 4.79 Å². The zero-order valence-corrected chi connectivity index (χ0v) is 6.57. The fraction of sp³-hybridized carbons (Fsp3) is 0.571. The molecule has 0 aromatic heterocycles. The van der Waals surface area contributed by atoms with Gasteiger partial charge in [-0.25, -0.2) is 0 Å². The lowest BCUT2D eigenvalue weighted by atomic mass is 10.0. The van der Waals surface area contributed by atoms with E-state index < -0.39 is 23.4 Å². The molecule has 74 valence electrons. The van der Waals surface area contributed by atoms with E-state index in [1.54, 1.807) is 0 Å². The summed E-state index contributed by atoms with van der Waals surface area (Å²) in [5.74, 6) is -2.92. The first-order chi connectivity index (χ1) is 5.93. The van der Waals surface area contributed by atoms with Gasteiger partial charge in [0.05, 0.1) is 0 Å². The van der Waals surface area contributed by atoms with Gasteiger partial charge in [0.15, 0.2) is 0 Å². The normalized spacial score (nSPS) is 22.5. The average molecular weight is 194 g/mol. The molecule has 0 atom stereocenters. The molecule has 1 heterocycles. The van der Waals surface area contributed by atoms with Crippen LogP contribution in [0.4, 0.5) is 13.2 Å². The van der Waals surface area contributed by atoms with E-state index in [1.807, 2.05) is 0 Å². The van der Waals surface area contributed by atoms with Crippen molar-refractivity contribution in [3.63, 3.8) is 0 Å². The van der Waals surface area contributed by atoms with Crippen LogP contribution in [0.15, 0.2) is 11.3 Å². The molecule has 0 unspecified atom stereocenters. The second kappa shape index (κ2) is 3.27. The van der Waals surface area contributed by atoms with Crippen molar-refractivity contribution in [2.24, 2.45) is 0 Å². The van der Waals surface area contributed by atoms with E-state index in [0.29, 0.717) is 13.0 Å². The van der Waals surface area contributed by atoms with Crippen LogP contribution in [0.2, 0.25) is 0 Å². The first kappa shape index (κ1) is 9.88. The van der Waals surface area contributed by atoms with Crippen LogP contribution in [-0.4, -0.2) is 18.6 Å². The van der Waals surface area contributed by atoms with E-state index in [1.165, 1.54) is 0 Å². The molecule has 1 amide bonds. The van der Waals surface area contributed by atoms with Gasteiger partial charge in [0.2, 0.25) is 5.91 Å². The maximum atomic E-state index is 11.9. The monoisotopic (exact) mass is 194 g/mol. The van der Waals surface area contributed by atoms with Crippen LogP contribution >= 0.6 is 0 Å². The SMILES string of the molecule is O=C1NCCC/C1=C(/[O-])C(F)(F)F. The van der Waals surface area contributed by atoms with E-state index in [-0.39, 0.29) is 6.42 Å². The summed E-state index contributed by atoms with van der Waals surface area (Å²) in [4.78, 5) is 10.8. The molecular weight excluding hydrogens is 187 g/mol. The van der Waals surface area contributed by atoms with Gasteiger partial charge in [0, 0.05) is 12.1 Å². The van der Waals surface area contributed by atoms with E-state index >= 15 is 0 Å². The molecule has 0 aliphatic carbocycles. The Bertz CT molecular complexity index is 257. The van der Waals surface area contributed by atoms with Gasteiger partial charge in [0.25, 0.3) is 0 Å². The smallest absolute Gasteiger partial charge is 0.403 e. The highest BCUT2D eigenvalue weighted by molar-refractivity contribution is 5.94. The second-order valence-electron chi connectivity index (χ2n) is 2.66. The first-order valence-electron chi connectivity index (χ1n) is 3.68. The molecule has 0 aromatic rings. The molecule has 6 heteroatoms. The molecular formula is C7H7F3NO2-. The molecule has 0 radical (unpaired) electrons. The van der Waals surface area contributed by atoms with E-state index in [4.69, 9.17) is 0 Å². The molecule has 1 saturated heterocycles. The summed E-state index contributed by atoms with van der Waals surface area (Å²) in [7, 11) is 0. The van der Waals surface area contributed by atoms with Crippen LogP contribution < -0.4 is 10.4 Å². The molecule has 1 aliphatic heterocycles. The molecule has 1 aliphatic rings. The Morgan fingerprint density at radius 2 is 2.08 bits per heavy atom. The van der Waals surface area contributed by atoms with E-state index in [2.05, 4.69) is 5.32 Å². The van der Waals surface area contributed by atoms with Crippen LogP contribution in [0.3, 0.4) is 0 Å². The first-order valence-corrected chi connectivity index (χ1v) is 3.68. The Balaban J connectivity index is 2.94. The van der Waals surface area contributed by atoms with Crippen molar-refractivity contribution in [1.29, 1.82) is 0 Å². The summed E-state index contributed by atoms with van der Waals surface area (Å²) in [6, 6.07) is 0. The zero-order valence-electron chi connectivity index (χ0n) is 6.57. The molecule has 13 heavy (non-hydrogen) atoms. The maximum Gasteiger partial charge on any atom is 0.403 e. The molecule has 1 fully saturated rings. The number of piperidine rings is 1. The van der Waals surface area contributed by atoms with Gasteiger partial charge in [-0.2, -0.15) is 13.2 Å². The highest BCUT2D eigenvalue weighted by Gasteiger charge is 2.31. The van der Waals surface area contributed by atoms with Gasteiger partial charge < -0.3 is 10.4 Å². The number of nitrogens with one attached hydrogen (secondary N) is 1. The molecule has 0 spiro atoms. The molecule has 1 rings (SSSR count). The lowest BCUT2D eigenvalue weighted by Gasteiger charge is -2.24. The topological polar surface area (TPSA) is 52.2 Å². The largest absolute Gasteiger partial charge is 0.869 e. The Morgan fingerprint density at radius 3 is 2.54 bits per heavy atom. The van der Waals surface area contributed by atoms with E-state index in [0.717, 1.165) is 0 Å². The zero-order chi connectivity index (χ0) is 10.1. The van der Waals surface area contributed by atoms with Crippen LogP contribution in [0.1, 0.15) is 12.8 Å². The third kappa shape index (κ3) is 2.13. The van der Waals surface area contributed by atoms with Crippen LogP contribution in [0.5, 0.6) is 0 Å². The van der Waals surface area contributed by atoms with Gasteiger partial charge in [-0.05, 0) is 18.6 Å². The number of carbonyl (C=O) groups excluding carboxylic acids is 1. The van der Waals surface area contributed by atoms with Crippen molar-refractivity contribution < 1.29 is 23.1 Å². The predicted octanol–water partition coefficient (Wildman–Crippen LogP) is 0.0731. The minimum atomic E-state index is -4.94. The summed E-state index contributed by atoms with van der Waals surface area (Å²) in [6.07, 6.45) is -4.66. The third-order valence-electron chi connectivity index (χ3n) is 1.69. The fourth-order valence-electron chi connectivity index (χ4n) is 1.08. The van der Waals surface area contributed by atoms with Crippen LogP contribution in [0, 0.1) is 0 Å². The van der Waals surface area contributed by atoms with Crippen molar-refractivity contribution in [1.82, 2.24) is 5.32 Å². The summed E-state index contributed by atoms with van der Waals surface area (Å²) in [6.45, 7) is 0.327. The van der Waals surface area contributed by atoms with Crippen molar-refractivity contribution in [2.75, 3.05) is 6.54 Å². The molecule has 1 N–H and O–H groups in total. The fourth-order valence-corrected chi connectivity index (χ4v) is 1.08. The predicted molar refractivity (Wildman–Crippen MR) is 35.3 cm³/mol. The maximum absolute atomic E-state index is 11.9. The van der Waals surface area contributed by atoms with Crippen molar-refractivity contribution >= 4 is 5.91 Å². The lowest BCUT2D eigenvalue weighted by Crippen LogP contribution is -2.36. The van der Waals surface area contributed by atoms with E-state index in [9.17, 15) is 23.1 Å². The summed E-state index contributed by atoms with van der Waals surface area (Å²) < 4.78 is 35.6. The van der Waals surface area contributed by atoms with Crippen molar-refractivity contribution in [3.8, 4) is 0 Å². The van der Waals surface area contributed by atoms with Crippen molar-refractivity contribution in [3.05, 3.63) is 11.3 Å². The quantitative estimate of drug-likeness (QED) is 0.438. The number of halogens is 3. The summed E-state index contributed by atoms with van der Waals surface area (Å²) in [5, 5.41) is 12.8. The number of hydrogen-bond donors (Lipinski definition) is 1. The summed E-state index contributed by atoms with van der Waals surface area (Å²) in [5.41, 5.74) is -0.682. The van der Waals surface area contributed by atoms with Gasteiger partial charge in [0.1, 0.15) is 0 Å². The Morgan fingerprint density at radius 1 is 1.46 bits per heavy atom. The minimum absolute atomic E-state index is 0.0931. The molecule has 0 aromatic carbocycles. The Hall–Kier alpha value is -1.20. The Labute approximate surface area is 72.2 Å². The highest BCUT2D eigenvalue weighted by atomic mass is 19.4. The number of carbonyl (C=O) groups is 1. The number of rotatable bonds is 0. The number of alkyl halides is 3. The lowest BCUT2D eigenvalue weighted by molar-refractivity contribution is -0.361.